The molecule has 2 fully saturated rings. The Balaban J connectivity index is 1.31. The number of amides is 2. The average Bonchev–Trinajstić information content (AvgIpc) is 3.49. The number of imidazole rings is 1. The fourth-order valence-corrected chi connectivity index (χ4v) is 5.78. The number of hydrogen-bond donors (Lipinski definition) is 2. The quantitative estimate of drug-likeness (QED) is 0.377. The summed E-state index contributed by atoms with van der Waals surface area (Å²) in [6.45, 7) is 2.34. The fraction of sp³-hybridized carbons (Fsp3) is 0.321. The Morgan fingerprint density at radius 1 is 1.10 bits per heavy atom. The highest BCUT2D eigenvalue weighted by atomic mass is 19.4. The van der Waals surface area contributed by atoms with Crippen molar-refractivity contribution in [2.24, 2.45) is 0 Å². The molecule has 3 aromatic heterocycles. The van der Waals surface area contributed by atoms with Crippen LogP contribution in [0.2, 0.25) is 0 Å². The maximum atomic E-state index is 13.1. The first kappa shape index (κ1) is 25.8. The number of nitrogens with one attached hydrogen (secondary N) is 1. The molecule has 2 saturated heterocycles. The predicted octanol–water partition coefficient (Wildman–Crippen LogP) is 4.82. The van der Waals surface area contributed by atoms with Gasteiger partial charge in [-0.05, 0) is 56.0 Å². The van der Waals surface area contributed by atoms with E-state index in [4.69, 9.17) is 10.7 Å². The Morgan fingerprint density at radius 2 is 1.93 bits per heavy atom. The standard InChI is InChI=1S/C28H26F3N7O2/c1-15-12-16(3-6-20(15)27(40)35-21-13-18(8-9-33-21)28(29,30)31)23-24-25(32)34-10-11-37(24)26(36-23)17-2-4-19-5-7-22(39)38(19)14-17/h3,6,8-13,17,19H,2,4-5,7,14H2,1H3,(H2,32,34)(H,33,35,40)/t17-,19+/m1/s1. The third kappa shape index (κ3) is 4.52. The number of pyridine rings is 1. The topological polar surface area (TPSA) is 119 Å². The maximum absolute atomic E-state index is 13.1. The largest absolute Gasteiger partial charge is 0.416 e. The van der Waals surface area contributed by atoms with Gasteiger partial charge in [0.2, 0.25) is 5.91 Å². The monoisotopic (exact) mass is 549 g/mol. The molecule has 5 heterocycles. The molecule has 3 N–H and O–H groups in total. The van der Waals surface area contributed by atoms with Gasteiger partial charge in [0, 0.05) is 54.6 Å². The molecule has 0 bridgehead atoms. The van der Waals surface area contributed by atoms with Crippen LogP contribution in [0.4, 0.5) is 24.8 Å². The third-order valence-corrected chi connectivity index (χ3v) is 7.77. The van der Waals surface area contributed by atoms with Crippen LogP contribution in [0.25, 0.3) is 16.8 Å². The minimum atomic E-state index is -4.55. The van der Waals surface area contributed by atoms with Crippen molar-refractivity contribution >= 4 is 29.0 Å². The van der Waals surface area contributed by atoms with Gasteiger partial charge in [-0.1, -0.05) is 6.07 Å². The number of alkyl halides is 3. The van der Waals surface area contributed by atoms with E-state index in [0.717, 1.165) is 43.4 Å². The summed E-state index contributed by atoms with van der Waals surface area (Å²) in [6, 6.07) is 7.04. The number of aryl methyl sites for hydroxylation is 1. The highest BCUT2D eigenvalue weighted by Crippen LogP contribution is 2.38. The van der Waals surface area contributed by atoms with E-state index in [9.17, 15) is 22.8 Å². The number of anilines is 2. The van der Waals surface area contributed by atoms with Crippen LogP contribution >= 0.6 is 0 Å². The minimum absolute atomic E-state index is 0.0347. The number of carbonyl (C=O) groups is 2. The molecule has 0 radical (unpaired) electrons. The molecular weight excluding hydrogens is 523 g/mol. The van der Waals surface area contributed by atoms with E-state index in [1.165, 1.54) is 0 Å². The highest BCUT2D eigenvalue weighted by molar-refractivity contribution is 6.05. The van der Waals surface area contributed by atoms with Crippen molar-refractivity contribution in [3.63, 3.8) is 0 Å². The number of carbonyl (C=O) groups excluding carboxylic acids is 2. The van der Waals surface area contributed by atoms with Gasteiger partial charge in [0.15, 0.2) is 0 Å². The SMILES string of the molecule is Cc1cc(-c2nc([C@@H]3CC[C@H]4CCC(=O)N4C3)n3ccnc(N)c23)ccc1C(=O)Nc1cc(C(F)(F)F)ccn1. The summed E-state index contributed by atoms with van der Waals surface area (Å²) in [5.74, 6) is 0.538. The minimum Gasteiger partial charge on any atom is -0.382 e. The number of nitrogens with two attached hydrogens (primary N) is 1. The molecular formula is C28H26F3N7O2. The van der Waals surface area contributed by atoms with Crippen LogP contribution in [0.5, 0.6) is 0 Å². The van der Waals surface area contributed by atoms with Crippen LogP contribution in [0, 0.1) is 6.92 Å². The van der Waals surface area contributed by atoms with Crippen molar-refractivity contribution in [3.8, 4) is 11.3 Å². The lowest BCUT2D eigenvalue weighted by molar-refractivity contribution is -0.137. The van der Waals surface area contributed by atoms with Gasteiger partial charge in [-0.3, -0.25) is 14.0 Å². The zero-order valence-corrected chi connectivity index (χ0v) is 21.6. The van der Waals surface area contributed by atoms with Gasteiger partial charge in [-0.25, -0.2) is 15.0 Å². The van der Waals surface area contributed by atoms with Crippen LogP contribution < -0.4 is 11.1 Å². The smallest absolute Gasteiger partial charge is 0.382 e. The van der Waals surface area contributed by atoms with Crippen molar-refractivity contribution in [1.82, 2.24) is 24.3 Å². The molecule has 0 spiro atoms. The fourth-order valence-electron chi connectivity index (χ4n) is 5.78. The second-order valence-corrected chi connectivity index (χ2v) is 10.3. The second-order valence-electron chi connectivity index (χ2n) is 10.3. The van der Waals surface area contributed by atoms with Gasteiger partial charge < -0.3 is 16.0 Å². The van der Waals surface area contributed by atoms with Gasteiger partial charge in [0.25, 0.3) is 5.91 Å². The molecule has 4 aromatic rings. The van der Waals surface area contributed by atoms with Gasteiger partial charge in [0.1, 0.15) is 28.7 Å². The Hall–Kier alpha value is -4.48. The van der Waals surface area contributed by atoms with Crippen LogP contribution in [-0.2, 0) is 11.0 Å². The van der Waals surface area contributed by atoms with Crippen LogP contribution in [0.1, 0.15) is 58.9 Å². The van der Waals surface area contributed by atoms with E-state index < -0.39 is 17.6 Å². The summed E-state index contributed by atoms with van der Waals surface area (Å²) >= 11 is 0. The normalized spacial score (nSPS) is 19.2. The Morgan fingerprint density at radius 3 is 2.70 bits per heavy atom. The average molecular weight is 550 g/mol. The molecule has 2 aliphatic rings. The van der Waals surface area contributed by atoms with E-state index >= 15 is 0 Å². The third-order valence-electron chi connectivity index (χ3n) is 7.77. The van der Waals surface area contributed by atoms with Crippen molar-refractivity contribution in [3.05, 3.63) is 71.4 Å². The Bertz CT molecular complexity index is 1650. The zero-order chi connectivity index (χ0) is 28.2. The molecule has 0 aliphatic carbocycles. The van der Waals surface area contributed by atoms with Crippen molar-refractivity contribution in [2.75, 3.05) is 17.6 Å². The molecule has 0 unspecified atom stereocenters. The first-order chi connectivity index (χ1) is 19.1. The zero-order valence-electron chi connectivity index (χ0n) is 21.6. The van der Waals surface area contributed by atoms with Crippen molar-refractivity contribution in [1.29, 1.82) is 0 Å². The summed E-state index contributed by atoms with van der Waals surface area (Å²) in [5.41, 5.74) is 8.22. The molecule has 2 amide bonds. The van der Waals surface area contributed by atoms with Gasteiger partial charge in [-0.2, -0.15) is 13.2 Å². The molecule has 40 heavy (non-hydrogen) atoms. The van der Waals surface area contributed by atoms with Gasteiger partial charge in [0.05, 0.1) is 5.56 Å². The number of aromatic nitrogens is 4. The number of piperidine rings is 1. The molecule has 12 heteroatoms. The number of nitrogen functional groups attached to an aromatic ring is 1. The number of benzene rings is 1. The van der Waals surface area contributed by atoms with E-state index in [-0.39, 0.29) is 23.2 Å². The molecule has 0 saturated carbocycles. The molecule has 9 nitrogen and oxygen atoms in total. The van der Waals surface area contributed by atoms with E-state index in [1.54, 1.807) is 31.3 Å². The first-order valence-corrected chi connectivity index (χ1v) is 13.0. The number of rotatable bonds is 4. The van der Waals surface area contributed by atoms with E-state index in [1.807, 2.05) is 15.5 Å². The molecule has 206 valence electrons. The van der Waals surface area contributed by atoms with Crippen LogP contribution in [0.3, 0.4) is 0 Å². The van der Waals surface area contributed by atoms with Crippen LogP contribution in [-0.4, -0.2) is 48.7 Å². The Labute approximate surface area is 227 Å². The van der Waals surface area contributed by atoms with E-state index in [2.05, 4.69) is 15.3 Å². The first-order valence-electron chi connectivity index (χ1n) is 13.0. The molecule has 2 atom stereocenters. The number of halogens is 3. The summed E-state index contributed by atoms with van der Waals surface area (Å²) in [4.78, 5) is 40.4. The highest BCUT2D eigenvalue weighted by Gasteiger charge is 2.38. The van der Waals surface area contributed by atoms with Crippen molar-refractivity contribution < 1.29 is 22.8 Å². The molecule has 1 aromatic carbocycles. The molecule has 6 rings (SSSR count). The van der Waals surface area contributed by atoms with Gasteiger partial charge in [-0.15, -0.1) is 0 Å². The molecule has 2 aliphatic heterocycles. The predicted molar refractivity (Wildman–Crippen MR) is 141 cm³/mol. The lowest BCUT2D eigenvalue weighted by Crippen LogP contribution is -2.41. The van der Waals surface area contributed by atoms with E-state index in [0.29, 0.717) is 47.2 Å². The summed E-state index contributed by atoms with van der Waals surface area (Å²) in [5, 5.41) is 2.45. The van der Waals surface area contributed by atoms with Gasteiger partial charge >= 0.3 is 6.18 Å². The lowest BCUT2D eigenvalue weighted by Gasteiger charge is -2.34. The summed E-state index contributed by atoms with van der Waals surface area (Å²) in [6.07, 6.45) is 3.19. The number of fused-ring (bicyclic) bond motifs is 2. The lowest BCUT2D eigenvalue weighted by atomic mass is 9.92. The maximum Gasteiger partial charge on any atom is 0.416 e. The van der Waals surface area contributed by atoms with Crippen molar-refractivity contribution in [2.45, 2.75) is 50.7 Å². The Kier molecular flexibility index (Phi) is 6.20. The number of hydrogen-bond acceptors (Lipinski definition) is 6. The number of nitrogens with zero attached hydrogens (tertiary/aromatic N) is 5. The second kappa shape index (κ2) is 9.61. The summed E-state index contributed by atoms with van der Waals surface area (Å²) in [7, 11) is 0. The summed E-state index contributed by atoms with van der Waals surface area (Å²) < 4.78 is 41.1. The van der Waals surface area contributed by atoms with Crippen LogP contribution in [0.15, 0.2) is 48.9 Å².